The second-order valence-corrected chi connectivity index (χ2v) is 10.6. The van der Waals surface area contributed by atoms with Crippen LogP contribution in [0, 0.1) is 11.3 Å². The molecule has 0 saturated carbocycles. The number of hydrogen-bond acceptors (Lipinski definition) is 5. The predicted molar refractivity (Wildman–Crippen MR) is 123 cm³/mol. The van der Waals surface area contributed by atoms with Crippen LogP contribution in [-0.4, -0.2) is 59.2 Å². The van der Waals surface area contributed by atoms with Gasteiger partial charge in [-0.05, 0) is 44.8 Å². The van der Waals surface area contributed by atoms with Crippen molar-refractivity contribution in [1.29, 1.82) is 0 Å². The minimum Gasteiger partial charge on any atom is -0.480 e. The maximum Gasteiger partial charge on any atom is 0.327 e. The van der Waals surface area contributed by atoms with Gasteiger partial charge in [-0.3, -0.25) is 9.59 Å². The zero-order chi connectivity index (χ0) is 23.4. The van der Waals surface area contributed by atoms with Gasteiger partial charge in [-0.2, -0.15) is 11.8 Å². The van der Waals surface area contributed by atoms with E-state index in [9.17, 15) is 19.5 Å². The number of thioether (sulfide) groups is 1. The van der Waals surface area contributed by atoms with E-state index in [0.717, 1.165) is 12.2 Å². The van der Waals surface area contributed by atoms with Gasteiger partial charge < -0.3 is 20.5 Å². The fourth-order valence-corrected chi connectivity index (χ4v) is 3.24. The zero-order valence-corrected chi connectivity index (χ0v) is 20.6. The van der Waals surface area contributed by atoms with Crippen molar-refractivity contribution in [2.75, 3.05) is 24.7 Å². The van der Waals surface area contributed by atoms with Crippen LogP contribution in [-0.2, 0) is 19.1 Å². The van der Waals surface area contributed by atoms with Gasteiger partial charge in [-0.25, -0.2) is 4.79 Å². The highest BCUT2D eigenvalue weighted by molar-refractivity contribution is 7.99. The number of carboxylic acid groups (broad SMARTS) is 1. The molecule has 0 unspecified atom stereocenters. The summed E-state index contributed by atoms with van der Waals surface area (Å²) in [5, 5.41) is 14.9. The Morgan fingerprint density at radius 2 is 1.73 bits per heavy atom. The lowest BCUT2D eigenvalue weighted by atomic mass is 9.88. The standard InChI is InChI=1S/C22H42N2O5S/c1-8-30-15-17(19(26)27)24-20(28)21(4,5)12-14-29-22(6,7)11-13-23-18(25)10-9-16(2)3/h16-17H,8-15H2,1-7H3,(H,23,25)(H,24,28)(H,26,27)/t17-/m1/s1. The first-order chi connectivity index (χ1) is 13.8. The van der Waals surface area contributed by atoms with E-state index in [1.54, 1.807) is 13.8 Å². The van der Waals surface area contributed by atoms with Crippen LogP contribution in [0.4, 0.5) is 0 Å². The molecule has 0 aliphatic rings. The Bertz CT molecular complexity index is 550. The molecule has 7 nitrogen and oxygen atoms in total. The molecule has 0 aromatic rings. The van der Waals surface area contributed by atoms with E-state index in [2.05, 4.69) is 24.5 Å². The average molecular weight is 447 g/mol. The highest BCUT2D eigenvalue weighted by atomic mass is 32.2. The van der Waals surface area contributed by atoms with Gasteiger partial charge in [-0.1, -0.05) is 34.6 Å². The molecule has 0 aliphatic carbocycles. The van der Waals surface area contributed by atoms with Crippen LogP contribution in [0.1, 0.15) is 74.1 Å². The first-order valence-electron chi connectivity index (χ1n) is 10.8. The number of carbonyl (C=O) groups is 3. The van der Waals surface area contributed by atoms with Crippen LogP contribution in [0.25, 0.3) is 0 Å². The monoisotopic (exact) mass is 446 g/mol. The minimum absolute atomic E-state index is 0.0616. The first kappa shape index (κ1) is 28.7. The summed E-state index contributed by atoms with van der Waals surface area (Å²) in [6, 6.07) is -0.890. The first-order valence-corrected chi connectivity index (χ1v) is 12.0. The van der Waals surface area contributed by atoms with Gasteiger partial charge in [0.1, 0.15) is 6.04 Å². The quantitative estimate of drug-likeness (QED) is 0.335. The summed E-state index contributed by atoms with van der Waals surface area (Å²) < 4.78 is 5.96. The van der Waals surface area contributed by atoms with Crippen molar-refractivity contribution >= 4 is 29.5 Å². The van der Waals surface area contributed by atoms with E-state index in [-0.39, 0.29) is 11.8 Å². The van der Waals surface area contributed by atoms with E-state index in [4.69, 9.17) is 4.74 Å². The minimum atomic E-state index is -1.02. The third-order valence-electron chi connectivity index (χ3n) is 4.92. The Morgan fingerprint density at radius 1 is 1.10 bits per heavy atom. The molecule has 176 valence electrons. The van der Waals surface area contributed by atoms with E-state index in [1.165, 1.54) is 11.8 Å². The average Bonchev–Trinajstić information content (AvgIpc) is 2.62. The number of carbonyl (C=O) groups excluding carboxylic acids is 2. The molecule has 0 spiro atoms. The fourth-order valence-electron chi connectivity index (χ4n) is 2.54. The molecular weight excluding hydrogens is 404 g/mol. The molecule has 0 aromatic carbocycles. The number of nitrogens with one attached hydrogen (secondary N) is 2. The summed E-state index contributed by atoms with van der Waals surface area (Å²) in [4.78, 5) is 35.7. The molecule has 0 saturated heterocycles. The molecule has 8 heteroatoms. The Hall–Kier alpha value is -1.28. The van der Waals surface area contributed by atoms with E-state index >= 15 is 0 Å². The maximum absolute atomic E-state index is 12.6. The summed E-state index contributed by atoms with van der Waals surface area (Å²) in [5.41, 5.74) is -1.18. The van der Waals surface area contributed by atoms with Crippen molar-refractivity contribution in [3.8, 4) is 0 Å². The molecule has 0 radical (unpaired) electrons. The molecule has 0 rings (SSSR count). The van der Waals surface area contributed by atoms with Gasteiger partial charge in [-0.15, -0.1) is 0 Å². The normalized spacial score (nSPS) is 13.2. The maximum atomic E-state index is 12.6. The SMILES string of the molecule is CCSC[C@@H](NC(=O)C(C)(C)CCOC(C)(C)CCNC(=O)CCC(C)C)C(=O)O. The van der Waals surface area contributed by atoms with Gasteiger partial charge in [0.2, 0.25) is 11.8 Å². The van der Waals surface area contributed by atoms with Gasteiger partial charge >= 0.3 is 5.97 Å². The molecular formula is C22H42N2O5S. The van der Waals surface area contributed by atoms with Crippen LogP contribution < -0.4 is 10.6 Å². The van der Waals surface area contributed by atoms with E-state index in [1.807, 2.05) is 20.8 Å². The number of hydrogen-bond donors (Lipinski definition) is 3. The van der Waals surface area contributed by atoms with Crippen molar-refractivity contribution in [3.63, 3.8) is 0 Å². The number of ether oxygens (including phenoxy) is 1. The Labute approximate surface area is 186 Å². The molecule has 0 bridgehead atoms. The predicted octanol–water partition coefficient (Wildman–Crippen LogP) is 3.46. The summed E-state index contributed by atoms with van der Waals surface area (Å²) in [7, 11) is 0. The highest BCUT2D eigenvalue weighted by Crippen LogP contribution is 2.23. The number of carboxylic acids is 1. The van der Waals surface area contributed by atoms with Gasteiger partial charge in [0.25, 0.3) is 0 Å². The lowest BCUT2D eigenvalue weighted by Crippen LogP contribution is -2.48. The lowest BCUT2D eigenvalue weighted by Gasteiger charge is -2.29. The van der Waals surface area contributed by atoms with Gasteiger partial charge in [0.05, 0.1) is 5.60 Å². The number of aliphatic carboxylic acids is 1. The summed E-state index contributed by atoms with van der Waals surface area (Å²) >= 11 is 1.48. The van der Waals surface area contributed by atoms with Crippen LogP contribution in [0.5, 0.6) is 0 Å². The third-order valence-corrected chi connectivity index (χ3v) is 5.90. The van der Waals surface area contributed by atoms with Gasteiger partial charge in [0, 0.05) is 30.7 Å². The van der Waals surface area contributed by atoms with Crippen LogP contribution in [0.2, 0.25) is 0 Å². The second kappa shape index (κ2) is 13.9. The number of rotatable bonds is 16. The van der Waals surface area contributed by atoms with E-state index < -0.39 is 23.0 Å². The molecule has 3 N–H and O–H groups in total. The van der Waals surface area contributed by atoms with Crippen LogP contribution >= 0.6 is 11.8 Å². The smallest absolute Gasteiger partial charge is 0.327 e. The zero-order valence-electron chi connectivity index (χ0n) is 19.8. The topological polar surface area (TPSA) is 105 Å². The summed E-state index contributed by atoms with van der Waals surface area (Å²) in [6.45, 7) is 14.6. The van der Waals surface area contributed by atoms with Crippen molar-refractivity contribution in [3.05, 3.63) is 0 Å². The lowest BCUT2D eigenvalue weighted by molar-refractivity contribution is -0.143. The van der Waals surface area contributed by atoms with Crippen molar-refractivity contribution in [2.45, 2.75) is 85.8 Å². The van der Waals surface area contributed by atoms with Crippen molar-refractivity contribution < 1.29 is 24.2 Å². The Morgan fingerprint density at radius 3 is 2.27 bits per heavy atom. The van der Waals surface area contributed by atoms with Crippen molar-refractivity contribution in [1.82, 2.24) is 10.6 Å². The molecule has 0 aliphatic heterocycles. The Kier molecular flexibility index (Phi) is 13.3. The highest BCUT2D eigenvalue weighted by Gasteiger charge is 2.32. The summed E-state index contributed by atoms with van der Waals surface area (Å²) in [5.74, 6) is 0.404. The molecule has 0 fully saturated rings. The Balaban J connectivity index is 4.39. The summed E-state index contributed by atoms with van der Waals surface area (Å²) in [6.07, 6.45) is 2.55. The molecule has 0 aromatic heterocycles. The number of amides is 2. The molecule has 30 heavy (non-hydrogen) atoms. The third kappa shape index (κ3) is 13.1. The van der Waals surface area contributed by atoms with Crippen molar-refractivity contribution in [2.24, 2.45) is 11.3 Å². The second-order valence-electron chi connectivity index (χ2n) is 9.30. The molecule has 0 heterocycles. The van der Waals surface area contributed by atoms with Gasteiger partial charge in [0.15, 0.2) is 0 Å². The van der Waals surface area contributed by atoms with Crippen LogP contribution in [0.15, 0.2) is 0 Å². The largest absolute Gasteiger partial charge is 0.480 e. The van der Waals surface area contributed by atoms with Crippen LogP contribution in [0.3, 0.4) is 0 Å². The fraction of sp³-hybridized carbons (Fsp3) is 0.864. The van der Waals surface area contributed by atoms with E-state index in [0.29, 0.717) is 44.1 Å². The molecule has 1 atom stereocenters. The molecule has 2 amide bonds.